The number of nitrogens with zero attached hydrogens (tertiary/aromatic N) is 2. The maximum Gasteiger partial charge on any atom is 0.573 e. The number of piperidine rings is 1. The third-order valence-electron chi connectivity index (χ3n) is 5.07. The number of halogens is 3. The zero-order valence-corrected chi connectivity index (χ0v) is 16.0. The number of anilines is 1. The number of rotatable bonds is 5. The number of oxazole rings is 1. The first kappa shape index (κ1) is 20.1. The van der Waals surface area contributed by atoms with E-state index in [2.05, 4.69) is 15.0 Å². The van der Waals surface area contributed by atoms with E-state index < -0.39 is 6.36 Å². The van der Waals surface area contributed by atoms with Gasteiger partial charge in [0.25, 0.3) is 6.01 Å². The van der Waals surface area contributed by atoms with Crippen LogP contribution >= 0.6 is 0 Å². The second-order valence-electron chi connectivity index (χ2n) is 7.10. The van der Waals surface area contributed by atoms with Crippen molar-refractivity contribution in [2.24, 2.45) is 5.92 Å². The Morgan fingerprint density at radius 3 is 2.57 bits per heavy atom. The SMILES string of the molecule is O=C(NCc1ccccc1OC(F)(F)F)C1CCN(c2nc3ccccc3o2)CC1. The van der Waals surface area contributed by atoms with E-state index in [1.165, 1.54) is 18.2 Å². The number of hydrogen-bond acceptors (Lipinski definition) is 5. The molecule has 1 aliphatic rings. The highest BCUT2D eigenvalue weighted by Gasteiger charge is 2.32. The lowest BCUT2D eigenvalue weighted by Crippen LogP contribution is -2.40. The lowest BCUT2D eigenvalue weighted by Gasteiger charge is -2.30. The maximum absolute atomic E-state index is 12.5. The van der Waals surface area contributed by atoms with E-state index in [-0.39, 0.29) is 29.7 Å². The van der Waals surface area contributed by atoms with Crippen LogP contribution in [-0.2, 0) is 11.3 Å². The maximum atomic E-state index is 12.5. The van der Waals surface area contributed by atoms with Gasteiger partial charge in [-0.05, 0) is 31.0 Å². The average Bonchev–Trinajstić information content (AvgIpc) is 3.16. The second kappa shape index (κ2) is 8.25. The van der Waals surface area contributed by atoms with Crippen molar-refractivity contribution in [3.8, 4) is 5.75 Å². The predicted molar refractivity (Wildman–Crippen MR) is 104 cm³/mol. The van der Waals surface area contributed by atoms with Gasteiger partial charge in [0.1, 0.15) is 11.3 Å². The summed E-state index contributed by atoms with van der Waals surface area (Å²) in [4.78, 5) is 19.0. The summed E-state index contributed by atoms with van der Waals surface area (Å²) in [5, 5.41) is 2.73. The highest BCUT2D eigenvalue weighted by molar-refractivity contribution is 5.79. The molecule has 2 aromatic carbocycles. The first-order valence-electron chi connectivity index (χ1n) is 9.61. The van der Waals surface area contributed by atoms with Crippen molar-refractivity contribution in [1.82, 2.24) is 10.3 Å². The molecule has 1 fully saturated rings. The zero-order chi connectivity index (χ0) is 21.1. The highest BCUT2D eigenvalue weighted by atomic mass is 19.4. The fraction of sp³-hybridized carbons (Fsp3) is 0.333. The Bertz CT molecular complexity index is 994. The molecule has 0 saturated carbocycles. The molecule has 0 bridgehead atoms. The third-order valence-corrected chi connectivity index (χ3v) is 5.07. The molecule has 0 spiro atoms. The van der Waals surface area contributed by atoms with Crippen molar-refractivity contribution >= 4 is 23.0 Å². The molecule has 1 saturated heterocycles. The van der Waals surface area contributed by atoms with Gasteiger partial charge < -0.3 is 19.4 Å². The molecule has 4 rings (SSSR count). The van der Waals surface area contributed by atoms with Crippen LogP contribution in [0.3, 0.4) is 0 Å². The molecule has 2 heterocycles. The number of ether oxygens (including phenoxy) is 1. The highest BCUT2D eigenvalue weighted by Crippen LogP contribution is 2.28. The Labute approximate surface area is 170 Å². The number of hydrogen-bond donors (Lipinski definition) is 1. The van der Waals surface area contributed by atoms with Crippen LogP contribution in [0.15, 0.2) is 52.9 Å². The number of fused-ring (bicyclic) bond motifs is 1. The number of para-hydroxylation sites is 3. The van der Waals surface area contributed by atoms with Gasteiger partial charge >= 0.3 is 6.36 Å². The Hall–Kier alpha value is -3.23. The Balaban J connectivity index is 1.32. The number of benzene rings is 2. The molecule has 3 aromatic rings. The molecule has 1 aliphatic heterocycles. The van der Waals surface area contributed by atoms with Crippen LogP contribution in [0.2, 0.25) is 0 Å². The zero-order valence-electron chi connectivity index (χ0n) is 16.0. The summed E-state index contributed by atoms with van der Waals surface area (Å²) in [6, 6.07) is 13.8. The minimum Gasteiger partial charge on any atom is -0.423 e. The lowest BCUT2D eigenvalue weighted by molar-refractivity contribution is -0.274. The van der Waals surface area contributed by atoms with E-state index in [4.69, 9.17) is 4.42 Å². The number of carbonyl (C=O) groups excluding carboxylic acids is 1. The first-order chi connectivity index (χ1) is 14.4. The van der Waals surface area contributed by atoms with E-state index in [0.29, 0.717) is 37.5 Å². The lowest BCUT2D eigenvalue weighted by atomic mass is 9.96. The van der Waals surface area contributed by atoms with Gasteiger partial charge in [0.05, 0.1) is 0 Å². The van der Waals surface area contributed by atoms with Gasteiger partial charge in [0, 0.05) is 31.1 Å². The molecule has 0 unspecified atom stereocenters. The molecular formula is C21H20F3N3O3. The van der Waals surface area contributed by atoms with Gasteiger partial charge in [-0.3, -0.25) is 4.79 Å². The molecule has 1 amide bonds. The van der Waals surface area contributed by atoms with Crippen molar-refractivity contribution in [2.45, 2.75) is 25.7 Å². The summed E-state index contributed by atoms with van der Waals surface area (Å²) < 4.78 is 47.4. The molecule has 0 atom stereocenters. The predicted octanol–water partition coefficient (Wildman–Crippen LogP) is 4.26. The summed E-state index contributed by atoms with van der Waals surface area (Å²) in [5.41, 5.74) is 1.77. The number of nitrogens with one attached hydrogen (secondary N) is 1. The van der Waals surface area contributed by atoms with Crippen molar-refractivity contribution in [2.75, 3.05) is 18.0 Å². The van der Waals surface area contributed by atoms with Gasteiger partial charge in [0.15, 0.2) is 5.58 Å². The van der Waals surface area contributed by atoms with Crippen LogP contribution in [0.1, 0.15) is 18.4 Å². The smallest absolute Gasteiger partial charge is 0.423 e. The molecule has 6 nitrogen and oxygen atoms in total. The van der Waals surface area contributed by atoms with E-state index in [1.54, 1.807) is 6.07 Å². The molecule has 0 aliphatic carbocycles. The average molecular weight is 419 g/mol. The van der Waals surface area contributed by atoms with Crippen LogP contribution in [-0.4, -0.2) is 30.3 Å². The van der Waals surface area contributed by atoms with Gasteiger partial charge in [-0.15, -0.1) is 13.2 Å². The summed E-state index contributed by atoms with van der Waals surface area (Å²) in [7, 11) is 0. The fourth-order valence-corrected chi connectivity index (χ4v) is 3.53. The van der Waals surface area contributed by atoms with E-state index >= 15 is 0 Å². The van der Waals surface area contributed by atoms with Crippen molar-refractivity contribution in [1.29, 1.82) is 0 Å². The Kier molecular flexibility index (Phi) is 5.52. The monoisotopic (exact) mass is 419 g/mol. The second-order valence-corrected chi connectivity index (χ2v) is 7.10. The Morgan fingerprint density at radius 2 is 1.83 bits per heavy atom. The summed E-state index contributed by atoms with van der Waals surface area (Å²) in [6.45, 7) is 1.19. The van der Waals surface area contributed by atoms with Gasteiger partial charge in [0.2, 0.25) is 5.91 Å². The van der Waals surface area contributed by atoms with Crippen molar-refractivity contribution in [3.63, 3.8) is 0 Å². The van der Waals surface area contributed by atoms with E-state index in [0.717, 1.165) is 5.52 Å². The van der Waals surface area contributed by atoms with E-state index in [9.17, 15) is 18.0 Å². The Morgan fingerprint density at radius 1 is 1.13 bits per heavy atom. The number of amides is 1. The molecular weight excluding hydrogens is 399 g/mol. The van der Waals surface area contributed by atoms with Crippen LogP contribution in [0, 0.1) is 5.92 Å². The van der Waals surface area contributed by atoms with E-state index in [1.807, 2.05) is 29.2 Å². The van der Waals surface area contributed by atoms with Crippen molar-refractivity contribution < 1.29 is 27.1 Å². The number of aromatic nitrogens is 1. The van der Waals surface area contributed by atoms with Crippen LogP contribution in [0.5, 0.6) is 5.75 Å². The first-order valence-corrected chi connectivity index (χ1v) is 9.61. The molecule has 0 radical (unpaired) electrons. The van der Waals surface area contributed by atoms with Crippen LogP contribution in [0.25, 0.3) is 11.1 Å². The van der Waals surface area contributed by atoms with Gasteiger partial charge in [-0.2, -0.15) is 4.98 Å². The molecule has 30 heavy (non-hydrogen) atoms. The van der Waals surface area contributed by atoms with Crippen LogP contribution < -0.4 is 15.0 Å². The quantitative estimate of drug-likeness (QED) is 0.669. The molecule has 9 heteroatoms. The minimum atomic E-state index is -4.78. The number of carbonyl (C=O) groups is 1. The minimum absolute atomic E-state index is 0.0313. The summed E-state index contributed by atoms with van der Waals surface area (Å²) in [6.07, 6.45) is -3.58. The molecule has 158 valence electrons. The summed E-state index contributed by atoms with van der Waals surface area (Å²) in [5.74, 6) is -0.716. The third kappa shape index (κ3) is 4.67. The van der Waals surface area contributed by atoms with Crippen LogP contribution in [0.4, 0.5) is 19.2 Å². The number of alkyl halides is 3. The molecule has 1 aromatic heterocycles. The topological polar surface area (TPSA) is 67.6 Å². The standard InChI is InChI=1S/C21H20F3N3O3/c22-21(23,24)30-17-7-3-1-5-15(17)13-25-19(28)14-9-11-27(12-10-14)20-26-16-6-2-4-8-18(16)29-20/h1-8,14H,9-13H2,(H,25,28). The van der Waals surface area contributed by atoms with Gasteiger partial charge in [-0.25, -0.2) is 0 Å². The van der Waals surface area contributed by atoms with Crippen molar-refractivity contribution in [3.05, 3.63) is 54.1 Å². The molecule has 1 N–H and O–H groups in total. The largest absolute Gasteiger partial charge is 0.573 e. The normalized spacial score (nSPS) is 15.4. The summed E-state index contributed by atoms with van der Waals surface area (Å²) >= 11 is 0. The fourth-order valence-electron chi connectivity index (χ4n) is 3.53. The van der Waals surface area contributed by atoms with Gasteiger partial charge in [-0.1, -0.05) is 30.3 Å².